The summed E-state index contributed by atoms with van der Waals surface area (Å²) in [6, 6.07) is 2.55. The maximum absolute atomic E-state index is 12.6. The van der Waals surface area contributed by atoms with E-state index in [-0.39, 0.29) is 11.5 Å². The van der Waals surface area contributed by atoms with Crippen molar-refractivity contribution < 1.29 is 28.6 Å². The largest absolute Gasteiger partial charge is 0.493 e. The van der Waals surface area contributed by atoms with E-state index in [0.29, 0.717) is 11.5 Å². The van der Waals surface area contributed by atoms with Gasteiger partial charge in [0.15, 0.2) is 11.5 Å². The first-order valence-electron chi connectivity index (χ1n) is 8.00. The van der Waals surface area contributed by atoms with E-state index >= 15 is 0 Å². The van der Waals surface area contributed by atoms with Crippen LogP contribution in [0.15, 0.2) is 17.0 Å². The molecule has 8 heteroatoms. The Morgan fingerprint density at radius 3 is 2.42 bits per heavy atom. The Kier molecular flexibility index (Phi) is 6.31. The molecule has 1 aliphatic heterocycles. The maximum Gasteiger partial charge on any atom is 0.329 e. The molecule has 1 aromatic carbocycles. The lowest BCUT2D eigenvalue weighted by molar-refractivity contribution is -0.150. The highest BCUT2D eigenvalue weighted by Gasteiger charge is 2.41. The number of benzene rings is 1. The third-order valence-corrected chi connectivity index (χ3v) is 4.78. The molecule has 2 amide bonds. The third-order valence-electron chi connectivity index (χ3n) is 3.90. The molecule has 0 aliphatic carbocycles. The first-order chi connectivity index (χ1) is 12.3. The van der Waals surface area contributed by atoms with E-state index in [1.54, 1.807) is 32.2 Å². The van der Waals surface area contributed by atoms with Crippen LogP contribution in [0.4, 0.5) is 4.79 Å². The van der Waals surface area contributed by atoms with Gasteiger partial charge in [0.05, 0.1) is 25.7 Å². The zero-order valence-electron chi connectivity index (χ0n) is 15.3. The molecule has 1 fully saturated rings. The number of nitrogens with zero attached hydrogens (tertiary/aromatic N) is 1. The van der Waals surface area contributed by atoms with E-state index in [2.05, 4.69) is 0 Å². The SMILES string of the molecule is CCOC(=O)[C@@H](C)N1C(=O)S/C(=C/c2cc(OC)c(OC)cc2C)C1=O. The third kappa shape index (κ3) is 3.85. The molecule has 0 spiro atoms. The molecule has 0 radical (unpaired) electrons. The number of carbonyl (C=O) groups excluding carboxylic acids is 3. The fraction of sp³-hybridized carbons (Fsp3) is 0.389. The quantitative estimate of drug-likeness (QED) is 0.555. The van der Waals surface area contributed by atoms with Crippen molar-refractivity contribution in [1.29, 1.82) is 0 Å². The highest BCUT2D eigenvalue weighted by molar-refractivity contribution is 8.18. The Hall–Kier alpha value is -2.48. The van der Waals surface area contributed by atoms with Gasteiger partial charge < -0.3 is 14.2 Å². The molecular formula is C18H21NO6S. The maximum atomic E-state index is 12.6. The van der Waals surface area contributed by atoms with Gasteiger partial charge in [0.2, 0.25) is 0 Å². The van der Waals surface area contributed by atoms with Gasteiger partial charge in [0.1, 0.15) is 6.04 Å². The number of rotatable bonds is 6. The molecule has 26 heavy (non-hydrogen) atoms. The van der Waals surface area contributed by atoms with E-state index in [1.165, 1.54) is 14.0 Å². The zero-order chi connectivity index (χ0) is 19.4. The average molecular weight is 379 g/mol. The average Bonchev–Trinajstić information content (AvgIpc) is 2.89. The second-order valence-corrected chi connectivity index (χ2v) is 6.54. The number of esters is 1. The number of methoxy groups -OCH3 is 2. The van der Waals surface area contributed by atoms with Crippen LogP contribution in [0.2, 0.25) is 0 Å². The molecule has 0 bridgehead atoms. The molecule has 1 atom stereocenters. The van der Waals surface area contributed by atoms with Crippen molar-refractivity contribution in [1.82, 2.24) is 4.90 Å². The molecule has 1 aromatic rings. The van der Waals surface area contributed by atoms with E-state index < -0.39 is 23.2 Å². The van der Waals surface area contributed by atoms with Crippen LogP contribution in [-0.2, 0) is 14.3 Å². The molecule has 7 nitrogen and oxygen atoms in total. The second kappa shape index (κ2) is 8.27. The smallest absolute Gasteiger partial charge is 0.329 e. The highest BCUT2D eigenvalue weighted by Crippen LogP contribution is 2.36. The molecule has 0 aromatic heterocycles. The minimum atomic E-state index is -0.972. The van der Waals surface area contributed by atoms with Crippen molar-refractivity contribution in [2.45, 2.75) is 26.8 Å². The van der Waals surface area contributed by atoms with Crippen molar-refractivity contribution in [3.8, 4) is 11.5 Å². The highest BCUT2D eigenvalue weighted by atomic mass is 32.2. The number of hydrogen-bond acceptors (Lipinski definition) is 7. The first kappa shape index (κ1) is 19.8. The summed E-state index contributed by atoms with van der Waals surface area (Å²) >= 11 is 0.791. The molecule has 0 unspecified atom stereocenters. The Morgan fingerprint density at radius 2 is 1.85 bits per heavy atom. The van der Waals surface area contributed by atoms with Gasteiger partial charge in [-0.2, -0.15) is 0 Å². The zero-order valence-corrected chi connectivity index (χ0v) is 16.1. The predicted octanol–water partition coefficient (Wildman–Crippen LogP) is 3.00. The van der Waals surface area contributed by atoms with E-state index in [0.717, 1.165) is 27.8 Å². The Balaban J connectivity index is 2.34. The monoisotopic (exact) mass is 379 g/mol. The molecule has 1 saturated heterocycles. The summed E-state index contributed by atoms with van der Waals surface area (Å²) < 4.78 is 15.4. The fourth-order valence-corrected chi connectivity index (χ4v) is 3.37. The summed E-state index contributed by atoms with van der Waals surface area (Å²) in [5.41, 5.74) is 1.57. The van der Waals surface area contributed by atoms with Crippen LogP contribution >= 0.6 is 11.8 Å². The number of ether oxygens (including phenoxy) is 3. The van der Waals surface area contributed by atoms with Gasteiger partial charge in [-0.15, -0.1) is 0 Å². The van der Waals surface area contributed by atoms with Gasteiger partial charge in [-0.25, -0.2) is 4.79 Å². The molecule has 0 N–H and O–H groups in total. The van der Waals surface area contributed by atoms with Gasteiger partial charge in [0.25, 0.3) is 11.1 Å². The molecule has 1 heterocycles. The minimum absolute atomic E-state index is 0.181. The van der Waals surface area contributed by atoms with E-state index in [9.17, 15) is 14.4 Å². The van der Waals surface area contributed by atoms with Crippen molar-refractivity contribution in [3.63, 3.8) is 0 Å². The van der Waals surface area contributed by atoms with Crippen LogP contribution in [-0.4, -0.2) is 48.9 Å². The van der Waals surface area contributed by atoms with Crippen LogP contribution in [0, 0.1) is 6.92 Å². The van der Waals surface area contributed by atoms with Gasteiger partial charge in [0, 0.05) is 0 Å². The molecular weight excluding hydrogens is 358 g/mol. The number of thioether (sulfide) groups is 1. The van der Waals surface area contributed by atoms with Crippen molar-refractivity contribution >= 4 is 35.0 Å². The van der Waals surface area contributed by atoms with Gasteiger partial charge in [-0.05, 0) is 61.9 Å². The van der Waals surface area contributed by atoms with Crippen LogP contribution in [0.3, 0.4) is 0 Å². The topological polar surface area (TPSA) is 82.1 Å². The van der Waals surface area contributed by atoms with Crippen LogP contribution in [0.1, 0.15) is 25.0 Å². The lowest BCUT2D eigenvalue weighted by Crippen LogP contribution is -2.42. The lowest BCUT2D eigenvalue weighted by Gasteiger charge is -2.19. The number of carbonyl (C=O) groups is 3. The number of hydrogen-bond donors (Lipinski definition) is 0. The van der Waals surface area contributed by atoms with E-state index in [4.69, 9.17) is 14.2 Å². The Morgan fingerprint density at radius 1 is 1.23 bits per heavy atom. The predicted molar refractivity (Wildman–Crippen MR) is 98.2 cm³/mol. The van der Waals surface area contributed by atoms with Crippen LogP contribution < -0.4 is 9.47 Å². The van der Waals surface area contributed by atoms with Crippen molar-refractivity contribution in [2.75, 3.05) is 20.8 Å². The van der Waals surface area contributed by atoms with Crippen LogP contribution in [0.5, 0.6) is 11.5 Å². The normalized spacial score (nSPS) is 16.8. The lowest BCUT2D eigenvalue weighted by atomic mass is 10.1. The minimum Gasteiger partial charge on any atom is -0.493 e. The standard InChI is InChI=1S/C18H21NO6S/c1-6-25-17(21)11(3)19-16(20)15(26-18(19)22)9-12-8-14(24-5)13(23-4)7-10(12)2/h7-9,11H,6H2,1-5H3/b15-9+/t11-/m1/s1. The number of imide groups is 1. The number of aryl methyl sites for hydroxylation is 1. The molecule has 140 valence electrons. The van der Waals surface area contributed by atoms with Gasteiger partial charge in [-0.3, -0.25) is 14.5 Å². The molecule has 2 rings (SSSR count). The summed E-state index contributed by atoms with van der Waals surface area (Å²) in [4.78, 5) is 37.9. The summed E-state index contributed by atoms with van der Waals surface area (Å²) in [7, 11) is 3.06. The summed E-state index contributed by atoms with van der Waals surface area (Å²) in [6.07, 6.45) is 1.61. The fourth-order valence-electron chi connectivity index (χ4n) is 2.48. The second-order valence-electron chi connectivity index (χ2n) is 5.54. The van der Waals surface area contributed by atoms with Crippen molar-refractivity contribution in [3.05, 3.63) is 28.2 Å². The van der Waals surface area contributed by atoms with Gasteiger partial charge >= 0.3 is 5.97 Å². The molecule has 1 aliphatic rings. The number of amides is 2. The summed E-state index contributed by atoms with van der Waals surface area (Å²) in [6.45, 7) is 5.18. The van der Waals surface area contributed by atoms with Gasteiger partial charge in [-0.1, -0.05) is 0 Å². The summed E-state index contributed by atoms with van der Waals surface area (Å²) in [5, 5.41) is -0.500. The Bertz CT molecular complexity index is 773. The van der Waals surface area contributed by atoms with Crippen LogP contribution in [0.25, 0.3) is 6.08 Å². The van der Waals surface area contributed by atoms with Crippen molar-refractivity contribution in [2.24, 2.45) is 0 Å². The molecule has 0 saturated carbocycles. The Labute approximate surface area is 156 Å². The first-order valence-corrected chi connectivity index (χ1v) is 8.82. The van der Waals surface area contributed by atoms with E-state index in [1.807, 2.05) is 6.92 Å². The summed E-state index contributed by atoms with van der Waals surface area (Å²) in [5.74, 6) is -0.0391.